The Balaban J connectivity index is 1.65. The summed E-state index contributed by atoms with van der Waals surface area (Å²) in [5, 5.41) is 3.90. The second-order valence-electron chi connectivity index (χ2n) is 7.74. The molecular weight excluding hydrogens is 414 g/mol. The molecule has 0 fully saturated rings. The summed E-state index contributed by atoms with van der Waals surface area (Å²) < 4.78 is 10.8. The molecule has 1 atom stereocenters. The van der Waals surface area contributed by atoms with Crippen molar-refractivity contribution in [1.82, 2.24) is 5.32 Å². The smallest absolute Gasteiger partial charge is 0.337 e. The van der Waals surface area contributed by atoms with E-state index in [1.54, 1.807) is 19.2 Å². The predicted molar refractivity (Wildman–Crippen MR) is 119 cm³/mol. The van der Waals surface area contributed by atoms with E-state index in [4.69, 9.17) is 21.1 Å². The number of halogens is 1. The lowest BCUT2D eigenvalue weighted by atomic mass is 9.75. The van der Waals surface area contributed by atoms with Gasteiger partial charge in [-0.1, -0.05) is 35.9 Å². The van der Waals surface area contributed by atoms with Crippen LogP contribution in [0, 0.1) is 0 Å². The zero-order valence-corrected chi connectivity index (χ0v) is 18.3. The zero-order valence-electron chi connectivity index (χ0n) is 17.5. The minimum atomic E-state index is -0.468. The second-order valence-corrected chi connectivity index (χ2v) is 8.18. The monoisotopic (exact) mass is 437 g/mol. The van der Waals surface area contributed by atoms with Gasteiger partial charge in [-0.15, -0.1) is 0 Å². The third-order valence-electron chi connectivity index (χ3n) is 5.73. The van der Waals surface area contributed by atoms with E-state index < -0.39 is 11.9 Å². The lowest BCUT2D eigenvalue weighted by molar-refractivity contribution is -0.140. The molecule has 0 radical (unpaired) electrons. The number of rotatable bonds is 5. The molecule has 1 unspecified atom stereocenters. The molecule has 2 aromatic carbocycles. The molecule has 0 saturated carbocycles. The minimum Gasteiger partial charge on any atom is -0.497 e. The highest BCUT2D eigenvalue weighted by Crippen LogP contribution is 2.42. The van der Waals surface area contributed by atoms with Crippen molar-refractivity contribution in [2.45, 2.75) is 38.7 Å². The number of ketones is 1. The number of esters is 1. The quantitative estimate of drug-likeness (QED) is 0.662. The number of allylic oxidation sites excluding steroid dienone is 3. The summed E-state index contributed by atoms with van der Waals surface area (Å²) in [5.74, 6) is -0.0970. The number of nitrogens with one attached hydrogen (secondary N) is 1. The molecule has 160 valence electrons. The number of hydrogen-bond donors (Lipinski definition) is 1. The molecule has 1 aliphatic carbocycles. The average Bonchev–Trinajstić information content (AvgIpc) is 2.77. The predicted octanol–water partition coefficient (Wildman–Crippen LogP) is 5.06. The van der Waals surface area contributed by atoms with Crippen LogP contribution in [0.1, 0.15) is 43.2 Å². The first-order valence-electron chi connectivity index (χ1n) is 10.3. The van der Waals surface area contributed by atoms with Crippen molar-refractivity contribution < 1.29 is 19.1 Å². The molecule has 6 heteroatoms. The van der Waals surface area contributed by atoms with Crippen molar-refractivity contribution in [1.29, 1.82) is 0 Å². The van der Waals surface area contributed by atoms with Crippen LogP contribution in [0.3, 0.4) is 0 Å². The van der Waals surface area contributed by atoms with E-state index in [-0.39, 0.29) is 12.4 Å². The third kappa shape index (κ3) is 4.37. The van der Waals surface area contributed by atoms with E-state index in [0.29, 0.717) is 28.3 Å². The van der Waals surface area contributed by atoms with Crippen molar-refractivity contribution in [3.05, 3.63) is 87.2 Å². The van der Waals surface area contributed by atoms with Crippen molar-refractivity contribution in [3.63, 3.8) is 0 Å². The molecule has 1 heterocycles. The number of carbonyl (C=O) groups excluding carboxylic acids is 2. The van der Waals surface area contributed by atoms with Crippen molar-refractivity contribution in [3.8, 4) is 5.75 Å². The van der Waals surface area contributed by atoms with Crippen LogP contribution < -0.4 is 10.1 Å². The summed E-state index contributed by atoms with van der Waals surface area (Å²) >= 11 is 6.08. The van der Waals surface area contributed by atoms with Crippen LogP contribution >= 0.6 is 11.6 Å². The van der Waals surface area contributed by atoms with Crippen LogP contribution in [-0.2, 0) is 20.9 Å². The summed E-state index contributed by atoms with van der Waals surface area (Å²) in [6.45, 7) is 1.99. The Morgan fingerprint density at radius 1 is 1.10 bits per heavy atom. The van der Waals surface area contributed by atoms with E-state index in [0.717, 1.165) is 35.4 Å². The fourth-order valence-corrected chi connectivity index (χ4v) is 4.32. The van der Waals surface area contributed by atoms with Crippen molar-refractivity contribution >= 4 is 23.4 Å². The van der Waals surface area contributed by atoms with Crippen LogP contribution in [0.15, 0.2) is 71.1 Å². The van der Waals surface area contributed by atoms with E-state index in [1.165, 1.54) is 0 Å². The number of carbonyl (C=O) groups is 2. The second kappa shape index (κ2) is 8.98. The number of benzene rings is 2. The Hall–Kier alpha value is -3.05. The number of Topliss-reactive ketones (excluding diaryl/α,β-unsaturated/α-hetero) is 1. The van der Waals surface area contributed by atoms with Gasteiger partial charge in [0.25, 0.3) is 0 Å². The van der Waals surface area contributed by atoms with Gasteiger partial charge in [0, 0.05) is 34.3 Å². The summed E-state index contributed by atoms with van der Waals surface area (Å²) in [7, 11) is 1.60. The lowest BCUT2D eigenvalue weighted by Gasteiger charge is -2.34. The first-order chi connectivity index (χ1) is 15.0. The molecule has 1 aliphatic heterocycles. The maximum atomic E-state index is 13.2. The maximum Gasteiger partial charge on any atom is 0.337 e. The molecule has 4 rings (SSSR count). The zero-order chi connectivity index (χ0) is 22.0. The number of ether oxygens (including phenoxy) is 2. The molecule has 5 nitrogen and oxygen atoms in total. The molecular formula is C25H24ClNO4. The average molecular weight is 438 g/mol. The molecule has 2 aromatic rings. The molecule has 1 N–H and O–H groups in total. The van der Waals surface area contributed by atoms with Gasteiger partial charge in [-0.25, -0.2) is 4.79 Å². The van der Waals surface area contributed by atoms with Gasteiger partial charge in [-0.3, -0.25) is 4.79 Å². The SMILES string of the molecule is COc1ccc(COC(=O)C2=C(C)NC3=C(C(=O)CCC3)C2c2ccc(Cl)cc2)cc1. The Morgan fingerprint density at radius 3 is 2.48 bits per heavy atom. The highest BCUT2D eigenvalue weighted by Gasteiger charge is 2.39. The van der Waals surface area contributed by atoms with Crippen LogP contribution in [0.25, 0.3) is 0 Å². The Kier molecular flexibility index (Phi) is 6.14. The Bertz CT molecular complexity index is 1070. The van der Waals surface area contributed by atoms with Gasteiger partial charge in [-0.2, -0.15) is 0 Å². The van der Waals surface area contributed by atoms with E-state index in [1.807, 2.05) is 43.3 Å². The molecule has 0 bridgehead atoms. The van der Waals surface area contributed by atoms with Gasteiger partial charge in [0.2, 0.25) is 0 Å². The van der Waals surface area contributed by atoms with E-state index in [9.17, 15) is 9.59 Å². The van der Waals surface area contributed by atoms with Crippen LogP contribution in [0.5, 0.6) is 5.75 Å². The highest BCUT2D eigenvalue weighted by atomic mass is 35.5. The molecule has 0 spiro atoms. The van der Waals surface area contributed by atoms with E-state index >= 15 is 0 Å². The summed E-state index contributed by atoms with van der Waals surface area (Å²) in [4.78, 5) is 26.1. The standard InChI is InChI=1S/C25H24ClNO4/c1-15-22(25(29)31-14-16-6-12-19(30-2)13-7-16)23(17-8-10-18(26)11-9-17)24-20(27-15)4-3-5-21(24)28/h6-13,23,27H,3-5,14H2,1-2H3. The number of dihydropyridines is 1. The number of methoxy groups -OCH3 is 1. The van der Waals surface area contributed by atoms with E-state index in [2.05, 4.69) is 5.32 Å². The number of hydrogen-bond acceptors (Lipinski definition) is 5. The maximum absolute atomic E-state index is 13.2. The summed E-state index contributed by atoms with van der Waals surface area (Å²) in [6, 6.07) is 14.7. The van der Waals surface area contributed by atoms with Crippen molar-refractivity contribution in [2.75, 3.05) is 7.11 Å². The van der Waals surface area contributed by atoms with Gasteiger partial charge in [0.15, 0.2) is 5.78 Å². The Morgan fingerprint density at radius 2 is 1.81 bits per heavy atom. The fraction of sp³-hybridized carbons (Fsp3) is 0.280. The topological polar surface area (TPSA) is 64.6 Å². The fourth-order valence-electron chi connectivity index (χ4n) is 4.19. The largest absolute Gasteiger partial charge is 0.497 e. The van der Waals surface area contributed by atoms with Crippen LogP contribution in [0.2, 0.25) is 5.02 Å². The van der Waals surface area contributed by atoms with Crippen molar-refractivity contribution in [2.24, 2.45) is 0 Å². The molecule has 0 aromatic heterocycles. The van der Waals surface area contributed by atoms with Gasteiger partial charge < -0.3 is 14.8 Å². The van der Waals surface area contributed by atoms with Gasteiger partial charge in [0.05, 0.1) is 12.7 Å². The van der Waals surface area contributed by atoms with Crippen LogP contribution in [-0.4, -0.2) is 18.9 Å². The summed E-state index contributed by atoms with van der Waals surface area (Å²) in [5.41, 5.74) is 4.45. The molecule has 0 amide bonds. The molecule has 0 saturated heterocycles. The lowest BCUT2D eigenvalue weighted by Crippen LogP contribution is -2.34. The first-order valence-corrected chi connectivity index (χ1v) is 10.6. The molecule has 2 aliphatic rings. The highest BCUT2D eigenvalue weighted by molar-refractivity contribution is 6.30. The van der Waals surface area contributed by atoms with Gasteiger partial charge in [0.1, 0.15) is 12.4 Å². The van der Waals surface area contributed by atoms with Gasteiger partial charge >= 0.3 is 5.97 Å². The van der Waals surface area contributed by atoms with Gasteiger partial charge in [-0.05, 0) is 55.2 Å². The van der Waals surface area contributed by atoms with Crippen LogP contribution in [0.4, 0.5) is 0 Å². The minimum absolute atomic E-state index is 0.0710. The third-order valence-corrected chi connectivity index (χ3v) is 5.98. The normalized spacial score (nSPS) is 18.4. The first kappa shape index (κ1) is 21.2. The Labute approximate surface area is 186 Å². The molecule has 31 heavy (non-hydrogen) atoms. The summed E-state index contributed by atoms with van der Waals surface area (Å²) in [6.07, 6.45) is 2.08.